The minimum Gasteiger partial charge on any atom is -0.468 e. The zero-order valence-electron chi connectivity index (χ0n) is 17.6. The average Bonchev–Trinajstić information content (AvgIpc) is 3.16. The molecule has 1 heterocycles. The Labute approximate surface area is 173 Å². The summed E-state index contributed by atoms with van der Waals surface area (Å²) < 4.78 is 16.3. The topological polar surface area (TPSA) is 65.7 Å². The molecule has 6 heteroatoms. The zero-order chi connectivity index (χ0) is 20.6. The first-order valence-electron chi connectivity index (χ1n) is 10.4. The zero-order valence-corrected chi connectivity index (χ0v) is 18.4. The van der Waals surface area contributed by atoms with Gasteiger partial charge in [0.1, 0.15) is 17.6 Å². The predicted octanol–water partition coefficient (Wildman–Crippen LogP) is 5.56. The van der Waals surface area contributed by atoms with Crippen molar-refractivity contribution < 1.29 is 23.5 Å². The van der Waals surface area contributed by atoms with Crippen LogP contribution in [0.15, 0.2) is 22.8 Å². The molecule has 5 nitrogen and oxygen atoms in total. The van der Waals surface area contributed by atoms with Crippen molar-refractivity contribution >= 4 is 23.5 Å². The maximum Gasteiger partial charge on any atom is 0.308 e. The quantitative estimate of drug-likeness (QED) is 0.246. The first kappa shape index (κ1) is 24.8. The van der Waals surface area contributed by atoms with Gasteiger partial charge in [-0.05, 0) is 50.5 Å². The number of hydrogen-bond donors (Lipinski definition) is 0. The highest BCUT2D eigenvalue weighted by Gasteiger charge is 2.20. The number of ketones is 1. The van der Waals surface area contributed by atoms with E-state index in [2.05, 4.69) is 6.92 Å². The molecule has 2 unspecified atom stereocenters. The highest BCUT2D eigenvalue weighted by atomic mass is 32.2. The summed E-state index contributed by atoms with van der Waals surface area (Å²) in [4.78, 5) is 23.7. The molecule has 1 rings (SSSR count). The lowest BCUT2D eigenvalue weighted by atomic mass is 10.1. The number of hydrogen-bond acceptors (Lipinski definition) is 6. The summed E-state index contributed by atoms with van der Waals surface area (Å²) >= 11 is 1.85. The summed E-state index contributed by atoms with van der Waals surface area (Å²) in [5.41, 5.74) is 0. The van der Waals surface area contributed by atoms with Gasteiger partial charge >= 0.3 is 5.97 Å². The number of carbonyl (C=O) groups is 2. The van der Waals surface area contributed by atoms with Gasteiger partial charge in [-0.2, -0.15) is 11.8 Å². The molecule has 0 aliphatic heterocycles. The molecule has 0 bridgehead atoms. The minimum atomic E-state index is -0.299. The minimum absolute atomic E-state index is 0.0599. The van der Waals surface area contributed by atoms with Crippen LogP contribution < -0.4 is 0 Å². The fraction of sp³-hybridized carbons (Fsp3) is 0.727. The molecule has 0 saturated heterocycles. The normalized spacial score (nSPS) is 13.2. The van der Waals surface area contributed by atoms with Crippen LogP contribution in [0.2, 0.25) is 0 Å². The molecule has 0 aliphatic carbocycles. The Balaban J connectivity index is 2.22. The number of furan rings is 1. The van der Waals surface area contributed by atoms with Crippen LogP contribution in [0.25, 0.3) is 0 Å². The number of rotatable bonds is 17. The largest absolute Gasteiger partial charge is 0.468 e. The SMILES string of the molecule is CCCCCC(CC(C)=O)OC(=O)CC(CCCCSCc1ccco1)OC. The first-order valence-corrected chi connectivity index (χ1v) is 11.5. The van der Waals surface area contributed by atoms with Gasteiger partial charge in [0.2, 0.25) is 0 Å². The van der Waals surface area contributed by atoms with Crippen LogP contribution >= 0.6 is 11.8 Å². The van der Waals surface area contributed by atoms with E-state index < -0.39 is 0 Å². The Kier molecular flexibility index (Phi) is 13.8. The number of methoxy groups -OCH3 is 1. The molecule has 0 fully saturated rings. The average molecular weight is 413 g/mol. The van der Waals surface area contributed by atoms with E-state index in [4.69, 9.17) is 13.9 Å². The maximum atomic E-state index is 12.3. The van der Waals surface area contributed by atoms with Crippen molar-refractivity contribution in [1.82, 2.24) is 0 Å². The van der Waals surface area contributed by atoms with Gasteiger partial charge in [-0.3, -0.25) is 9.59 Å². The second-order valence-corrected chi connectivity index (χ2v) is 8.31. The van der Waals surface area contributed by atoms with Crippen LogP contribution in [0.3, 0.4) is 0 Å². The number of Topliss-reactive ketones (excluding diaryl/α,β-unsaturated/α-hetero) is 1. The molecule has 0 aliphatic rings. The molecule has 0 aromatic carbocycles. The third-order valence-electron chi connectivity index (χ3n) is 4.56. The van der Waals surface area contributed by atoms with Crippen molar-refractivity contribution in [2.45, 2.75) is 89.6 Å². The summed E-state index contributed by atoms with van der Waals surface area (Å²) in [6.45, 7) is 3.67. The number of esters is 1. The standard InChI is InChI=1S/C22H36O5S/c1-4-5-6-11-20(15-18(2)23)27-22(24)16-19(25-3)10-7-8-14-28-17-21-12-9-13-26-21/h9,12-13,19-20H,4-8,10-11,14-17H2,1-3H3. The Morgan fingerprint density at radius 1 is 1.11 bits per heavy atom. The lowest BCUT2D eigenvalue weighted by molar-refractivity contribution is -0.153. The van der Waals surface area contributed by atoms with Gasteiger partial charge in [0, 0.05) is 13.5 Å². The Bertz CT molecular complexity index is 529. The molecule has 0 saturated carbocycles. The van der Waals surface area contributed by atoms with Crippen molar-refractivity contribution in [2.75, 3.05) is 12.9 Å². The van der Waals surface area contributed by atoms with E-state index in [0.29, 0.717) is 6.42 Å². The van der Waals surface area contributed by atoms with Gasteiger partial charge in [-0.1, -0.05) is 26.2 Å². The Morgan fingerprint density at radius 2 is 1.86 bits per heavy atom. The second-order valence-electron chi connectivity index (χ2n) is 7.20. The fourth-order valence-electron chi connectivity index (χ4n) is 3.01. The number of thioether (sulfide) groups is 1. The fourth-order valence-corrected chi connectivity index (χ4v) is 3.93. The van der Waals surface area contributed by atoms with E-state index >= 15 is 0 Å². The van der Waals surface area contributed by atoms with Gasteiger partial charge in [-0.15, -0.1) is 0 Å². The van der Waals surface area contributed by atoms with E-state index in [1.165, 1.54) is 0 Å². The number of unbranched alkanes of at least 4 members (excludes halogenated alkanes) is 3. The van der Waals surface area contributed by atoms with E-state index in [1.54, 1.807) is 20.3 Å². The molecule has 0 spiro atoms. The van der Waals surface area contributed by atoms with Gasteiger partial charge in [0.25, 0.3) is 0 Å². The highest BCUT2D eigenvalue weighted by Crippen LogP contribution is 2.17. The first-order chi connectivity index (χ1) is 13.5. The lowest BCUT2D eigenvalue weighted by Gasteiger charge is -2.19. The molecule has 0 amide bonds. The maximum absolute atomic E-state index is 12.3. The van der Waals surface area contributed by atoms with Crippen LogP contribution in [-0.2, 0) is 24.8 Å². The lowest BCUT2D eigenvalue weighted by Crippen LogP contribution is -2.25. The van der Waals surface area contributed by atoms with Crippen LogP contribution in [0.4, 0.5) is 0 Å². The third kappa shape index (κ3) is 12.2. The van der Waals surface area contributed by atoms with Crippen molar-refractivity contribution in [1.29, 1.82) is 0 Å². The predicted molar refractivity (Wildman–Crippen MR) is 113 cm³/mol. The van der Waals surface area contributed by atoms with Crippen LogP contribution in [0.1, 0.15) is 77.4 Å². The van der Waals surface area contributed by atoms with Gasteiger partial charge in [-0.25, -0.2) is 0 Å². The van der Waals surface area contributed by atoms with Gasteiger partial charge in [0.15, 0.2) is 0 Å². The summed E-state index contributed by atoms with van der Waals surface area (Å²) in [5.74, 6) is 2.75. The van der Waals surface area contributed by atoms with Crippen LogP contribution in [0.5, 0.6) is 0 Å². The Morgan fingerprint density at radius 3 is 2.50 bits per heavy atom. The molecule has 0 radical (unpaired) electrons. The van der Waals surface area contributed by atoms with Crippen molar-refractivity contribution in [3.8, 4) is 0 Å². The van der Waals surface area contributed by atoms with Crippen LogP contribution in [-0.4, -0.2) is 36.8 Å². The second kappa shape index (κ2) is 15.6. The van der Waals surface area contributed by atoms with Crippen LogP contribution in [0, 0.1) is 0 Å². The van der Waals surface area contributed by atoms with E-state index in [1.807, 2.05) is 23.9 Å². The summed E-state index contributed by atoms with van der Waals surface area (Å²) in [5, 5.41) is 0. The summed E-state index contributed by atoms with van der Waals surface area (Å²) in [6, 6.07) is 3.89. The Hall–Kier alpha value is -1.27. The molecule has 160 valence electrons. The van der Waals surface area contributed by atoms with Gasteiger partial charge < -0.3 is 13.9 Å². The highest BCUT2D eigenvalue weighted by molar-refractivity contribution is 7.98. The number of carbonyl (C=O) groups excluding carboxylic acids is 2. The number of ether oxygens (including phenoxy) is 2. The molecule has 1 aromatic rings. The third-order valence-corrected chi connectivity index (χ3v) is 5.63. The molecular formula is C22H36O5S. The van der Waals surface area contributed by atoms with Crippen molar-refractivity contribution in [3.63, 3.8) is 0 Å². The molecule has 0 N–H and O–H groups in total. The van der Waals surface area contributed by atoms with E-state index in [9.17, 15) is 9.59 Å². The monoisotopic (exact) mass is 412 g/mol. The van der Waals surface area contributed by atoms with Crippen molar-refractivity contribution in [3.05, 3.63) is 24.2 Å². The van der Waals surface area contributed by atoms with Crippen molar-refractivity contribution in [2.24, 2.45) is 0 Å². The van der Waals surface area contributed by atoms with E-state index in [-0.39, 0.29) is 30.4 Å². The summed E-state index contributed by atoms with van der Waals surface area (Å²) in [6.07, 6.45) is 8.66. The molecule has 2 atom stereocenters. The smallest absolute Gasteiger partial charge is 0.308 e. The summed E-state index contributed by atoms with van der Waals surface area (Å²) in [7, 11) is 1.64. The molecule has 1 aromatic heterocycles. The molecule has 28 heavy (non-hydrogen) atoms. The molecular weight excluding hydrogens is 376 g/mol. The van der Waals surface area contributed by atoms with Gasteiger partial charge in [0.05, 0.1) is 24.5 Å². The van der Waals surface area contributed by atoms with E-state index in [0.717, 1.165) is 62.2 Å².